The summed E-state index contributed by atoms with van der Waals surface area (Å²) in [6, 6.07) is 8.54. The molecule has 0 aliphatic heterocycles. The van der Waals surface area contributed by atoms with E-state index in [-0.39, 0.29) is 5.43 Å². The van der Waals surface area contributed by atoms with Gasteiger partial charge in [0.05, 0.1) is 5.39 Å². The van der Waals surface area contributed by atoms with E-state index in [2.05, 4.69) is 0 Å². The topological polar surface area (TPSA) is 47.3 Å². The monoisotopic (exact) mass is 202 g/mol. The number of aryl methyl sites for hydroxylation is 1. The largest absolute Gasteiger partial charge is 0.461 e. The number of carbonyl (C=O) groups excluding carboxylic acids is 1. The molecule has 0 N–H and O–H groups in total. The first-order valence-electron chi connectivity index (χ1n) is 4.76. The van der Waals surface area contributed by atoms with E-state index >= 15 is 0 Å². The van der Waals surface area contributed by atoms with Gasteiger partial charge in [0.2, 0.25) is 0 Å². The van der Waals surface area contributed by atoms with Crippen molar-refractivity contribution in [2.75, 3.05) is 0 Å². The third-order valence-electron chi connectivity index (χ3n) is 2.19. The van der Waals surface area contributed by atoms with Crippen LogP contribution in [0, 0.1) is 0 Å². The lowest BCUT2D eigenvalue weighted by Crippen LogP contribution is -2.02. The molecule has 0 bridgehead atoms. The van der Waals surface area contributed by atoms with Gasteiger partial charge in [-0.3, -0.25) is 4.79 Å². The van der Waals surface area contributed by atoms with Gasteiger partial charge in [-0.1, -0.05) is 12.1 Å². The van der Waals surface area contributed by atoms with Gasteiger partial charge in [-0.05, 0) is 12.1 Å². The summed E-state index contributed by atoms with van der Waals surface area (Å²) >= 11 is 0. The van der Waals surface area contributed by atoms with Crippen LogP contribution in [0.5, 0.6) is 0 Å². The number of hydrogen-bond acceptors (Lipinski definition) is 3. The second kappa shape index (κ2) is 4.09. The number of benzene rings is 1. The highest BCUT2D eigenvalue weighted by Gasteiger charge is 2.03. The van der Waals surface area contributed by atoms with E-state index in [1.165, 1.54) is 6.07 Å². The van der Waals surface area contributed by atoms with Crippen molar-refractivity contribution in [3.05, 3.63) is 46.3 Å². The molecule has 0 aliphatic rings. The summed E-state index contributed by atoms with van der Waals surface area (Å²) in [5.41, 5.74) is 0.517. The molecule has 0 saturated carbocycles. The molecule has 2 rings (SSSR count). The Hall–Kier alpha value is -1.90. The predicted molar refractivity (Wildman–Crippen MR) is 56.9 cm³/mol. The van der Waals surface area contributed by atoms with E-state index in [0.717, 1.165) is 6.29 Å². The Labute approximate surface area is 86.3 Å². The molecule has 0 saturated heterocycles. The molecule has 15 heavy (non-hydrogen) atoms. The van der Waals surface area contributed by atoms with Gasteiger partial charge in [0.1, 0.15) is 17.6 Å². The average molecular weight is 202 g/mol. The Kier molecular flexibility index (Phi) is 2.63. The molecule has 0 spiro atoms. The van der Waals surface area contributed by atoms with Crippen LogP contribution < -0.4 is 5.43 Å². The summed E-state index contributed by atoms with van der Waals surface area (Å²) in [7, 11) is 0. The van der Waals surface area contributed by atoms with Gasteiger partial charge in [0, 0.05) is 18.9 Å². The first kappa shape index (κ1) is 9.65. The van der Waals surface area contributed by atoms with Crippen LogP contribution in [0.1, 0.15) is 12.2 Å². The molecule has 3 nitrogen and oxygen atoms in total. The first-order chi connectivity index (χ1) is 7.31. The lowest BCUT2D eigenvalue weighted by molar-refractivity contribution is -0.107. The number of fused-ring (bicyclic) bond motifs is 1. The zero-order valence-corrected chi connectivity index (χ0v) is 8.10. The van der Waals surface area contributed by atoms with Gasteiger partial charge < -0.3 is 9.21 Å². The van der Waals surface area contributed by atoms with E-state index in [1.54, 1.807) is 18.2 Å². The molecule has 0 fully saturated rings. The van der Waals surface area contributed by atoms with Crippen LogP contribution in [0.3, 0.4) is 0 Å². The van der Waals surface area contributed by atoms with Crippen molar-refractivity contribution in [2.45, 2.75) is 12.8 Å². The molecule has 1 aromatic heterocycles. The van der Waals surface area contributed by atoms with Crippen LogP contribution in [0.15, 0.2) is 39.5 Å². The zero-order valence-electron chi connectivity index (χ0n) is 8.10. The minimum atomic E-state index is -0.0576. The van der Waals surface area contributed by atoms with Gasteiger partial charge >= 0.3 is 0 Å². The van der Waals surface area contributed by atoms with Crippen LogP contribution >= 0.6 is 0 Å². The van der Waals surface area contributed by atoms with Crippen molar-refractivity contribution < 1.29 is 9.21 Å². The quantitative estimate of drug-likeness (QED) is 0.714. The highest BCUT2D eigenvalue weighted by molar-refractivity contribution is 5.76. The Balaban J connectivity index is 2.52. The van der Waals surface area contributed by atoms with E-state index in [4.69, 9.17) is 4.42 Å². The molecule has 0 amide bonds. The maximum atomic E-state index is 11.6. The Morgan fingerprint density at radius 1 is 1.27 bits per heavy atom. The molecule has 2 aromatic rings. The maximum absolute atomic E-state index is 11.6. The van der Waals surface area contributed by atoms with E-state index in [9.17, 15) is 9.59 Å². The van der Waals surface area contributed by atoms with Crippen molar-refractivity contribution in [1.82, 2.24) is 0 Å². The van der Waals surface area contributed by atoms with Crippen molar-refractivity contribution in [3.8, 4) is 0 Å². The minimum Gasteiger partial charge on any atom is -0.461 e. The fourth-order valence-electron chi connectivity index (χ4n) is 1.48. The Morgan fingerprint density at radius 3 is 2.87 bits per heavy atom. The van der Waals surface area contributed by atoms with Crippen LogP contribution in [0.4, 0.5) is 0 Å². The van der Waals surface area contributed by atoms with Crippen LogP contribution in [0.2, 0.25) is 0 Å². The molecule has 0 aliphatic carbocycles. The van der Waals surface area contributed by atoms with Gasteiger partial charge in [-0.2, -0.15) is 0 Å². The van der Waals surface area contributed by atoms with Gasteiger partial charge in [0.25, 0.3) is 0 Å². The van der Waals surface area contributed by atoms with Crippen molar-refractivity contribution in [3.63, 3.8) is 0 Å². The van der Waals surface area contributed by atoms with Crippen LogP contribution in [0.25, 0.3) is 11.0 Å². The number of carbonyl (C=O) groups is 1. The van der Waals surface area contributed by atoms with Crippen LogP contribution in [-0.4, -0.2) is 6.29 Å². The standard InChI is InChI=1S/C12H10O3/c13-7-3-4-9-8-11(14)10-5-1-2-6-12(10)15-9/h1-2,5-8H,3-4H2. The molecule has 0 unspecified atom stereocenters. The molecule has 76 valence electrons. The third-order valence-corrected chi connectivity index (χ3v) is 2.19. The van der Waals surface area contributed by atoms with Crippen molar-refractivity contribution in [1.29, 1.82) is 0 Å². The smallest absolute Gasteiger partial charge is 0.192 e. The summed E-state index contributed by atoms with van der Waals surface area (Å²) < 4.78 is 5.49. The number of aldehydes is 1. The Morgan fingerprint density at radius 2 is 2.07 bits per heavy atom. The molecule has 0 atom stereocenters. The summed E-state index contributed by atoms with van der Waals surface area (Å²) in [6.45, 7) is 0. The van der Waals surface area contributed by atoms with Crippen molar-refractivity contribution >= 4 is 17.3 Å². The van der Waals surface area contributed by atoms with Gasteiger partial charge in [-0.15, -0.1) is 0 Å². The van der Waals surface area contributed by atoms with Crippen molar-refractivity contribution in [2.24, 2.45) is 0 Å². The molecule has 0 radical (unpaired) electrons. The summed E-state index contributed by atoms with van der Waals surface area (Å²) in [5, 5.41) is 0.576. The normalized spacial score (nSPS) is 10.4. The SMILES string of the molecule is O=CCCc1cc(=O)c2ccccc2o1. The maximum Gasteiger partial charge on any atom is 0.192 e. The molecule has 1 aromatic carbocycles. The average Bonchev–Trinajstić information content (AvgIpc) is 2.26. The number of hydrogen-bond donors (Lipinski definition) is 0. The van der Waals surface area contributed by atoms with Gasteiger partial charge in [0.15, 0.2) is 5.43 Å². The number of para-hydroxylation sites is 1. The first-order valence-corrected chi connectivity index (χ1v) is 4.76. The molecule has 3 heteroatoms. The van der Waals surface area contributed by atoms with E-state index < -0.39 is 0 Å². The lowest BCUT2D eigenvalue weighted by atomic mass is 10.2. The highest BCUT2D eigenvalue weighted by Crippen LogP contribution is 2.12. The third kappa shape index (κ3) is 1.96. The summed E-state index contributed by atoms with van der Waals surface area (Å²) in [6.07, 6.45) is 1.67. The molecule has 1 heterocycles. The summed E-state index contributed by atoms with van der Waals surface area (Å²) in [4.78, 5) is 21.8. The van der Waals surface area contributed by atoms with Gasteiger partial charge in [-0.25, -0.2) is 0 Å². The van der Waals surface area contributed by atoms with E-state index in [1.807, 2.05) is 6.07 Å². The molecular formula is C12H10O3. The fraction of sp³-hybridized carbons (Fsp3) is 0.167. The predicted octanol–water partition coefficient (Wildman–Crippen LogP) is 1.92. The Bertz CT molecular complexity index is 540. The highest BCUT2D eigenvalue weighted by atomic mass is 16.3. The fourth-order valence-corrected chi connectivity index (χ4v) is 1.48. The van der Waals surface area contributed by atoms with Crippen LogP contribution in [-0.2, 0) is 11.2 Å². The minimum absolute atomic E-state index is 0.0576. The second-order valence-electron chi connectivity index (χ2n) is 3.28. The summed E-state index contributed by atoms with van der Waals surface area (Å²) in [5.74, 6) is 0.561. The molecular weight excluding hydrogens is 192 g/mol. The zero-order chi connectivity index (χ0) is 10.7. The second-order valence-corrected chi connectivity index (χ2v) is 3.28. The van der Waals surface area contributed by atoms with E-state index in [0.29, 0.717) is 29.6 Å². The number of rotatable bonds is 3. The lowest BCUT2D eigenvalue weighted by Gasteiger charge is -1.99.